The van der Waals surface area contributed by atoms with Gasteiger partial charge < -0.3 is 10.2 Å². The molecule has 0 bridgehead atoms. The van der Waals surface area contributed by atoms with Crippen molar-refractivity contribution in [3.05, 3.63) is 88.4 Å². The number of aromatic nitrogens is 2. The molecule has 140 valence electrons. The van der Waals surface area contributed by atoms with Crippen LogP contribution in [-0.4, -0.2) is 14.8 Å². The number of fused-ring (bicyclic) bond motifs is 1. The van der Waals surface area contributed by atoms with Crippen LogP contribution in [0, 0.1) is 11.3 Å². The van der Waals surface area contributed by atoms with Crippen LogP contribution in [0.4, 0.5) is 0 Å². The Morgan fingerprint density at radius 3 is 2.62 bits per heavy atom. The maximum atomic E-state index is 12.7. The van der Waals surface area contributed by atoms with Crippen molar-refractivity contribution in [2.75, 3.05) is 0 Å². The van der Waals surface area contributed by atoms with E-state index in [1.807, 2.05) is 48.5 Å². The maximum absolute atomic E-state index is 12.7. The number of nitrogens with zero attached hydrogens (tertiary/aromatic N) is 3. The molecular weight excluding hydrogens is 384 g/mol. The van der Waals surface area contributed by atoms with E-state index in [0.717, 1.165) is 11.1 Å². The molecule has 0 radical (unpaired) electrons. The van der Waals surface area contributed by atoms with Crippen molar-refractivity contribution in [1.82, 2.24) is 9.78 Å². The van der Waals surface area contributed by atoms with E-state index >= 15 is 0 Å². The zero-order valence-electron chi connectivity index (χ0n) is 15.1. The summed E-state index contributed by atoms with van der Waals surface area (Å²) in [6.45, 7) is 0. The van der Waals surface area contributed by atoms with Crippen molar-refractivity contribution in [1.29, 1.82) is 5.26 Å². The zero-order valence-corrected chi connectivity index (χ0v) is 15.9. The largest absolute Gasteiger partial charge is 0.422 e. The molecule has 6 nitrogen and oxygen atoms in total. The number of benzene rings is 2. The Kier molecular flexibility index (Phi) is 4.77. The Balaban J connectivity index is 1.98. The highest BCUT2D eigenvalue weighted by molar-refractivity contribution is 7.80. The smallest absolute Gasteiger partial charge is 0.345 e. The third kappa shape index (κ3) is 3.57. The van der Waals surface area contributed by atoms with Gasteiger partial charge in [-0.2, -0.15) is 10.4 Å². The Morgan fingerprint density at radius 1 is 1.17 bits per heavy atom. The van der Waals surface area contributed by atoms with E-state index in [-0.39, 0.29) is 16.1 Å². The number of hydrogen-bond acceptors (Lipinski definition) is 5. The molecular formula is C22H14N4O2S. The fourth-order valence-electron chi connectivity index (χ4n) is 2.96. The van der Waals surface area contributed by atoms with Crippen molar-refractivity contribution >= 4 is 34.3 Å². The van der Waals surface area contributed by atoms with E-state index in [0.29, 0.717) is 16.8 Å². The van der Waals surface area contributed by atoms with Gasteiger partial charge in [0, 0.05) is 17.1 Å². The molecule has 2 aromatic heterocycles. The molecule has 0 aliphatic heterocycles. The first-order valence-corrected chi connectivity index (χ1v) is 9.07. The number of nitrogens with two attached hydrogens (primary N) is 1. The normalized spacial score (nSPS) is 11.3. The minimum Gasteiger partial charge on any atom is -0.422 e. The lowest BCUT2D eigenvalue weighted by atomic mass is 10.1. The molecule has 4 aromatic rings. The van der Waals surface area contributed by atoms with Gasteiger partial charge in [-0.05, 0) is 30.3 Å². The molecule has 0 aliphatic carbocycles. The molecule has 0 amide bonds. The average Bonchev–Trinajstić information content (AvgIpc) is 3.15. The molecule has 2 heterocycles. The second-order valence-electron chi connectivity index (χ2n) is 6.23. The van der Waals surface area contributed by atoms with Gasteiger partial charge in [0.1, 0.15) is 22.3 Å². The summed E-state index contributed by atoms with van der Waals surface area (Å²) in [6.07, 6.45) is 3.24. The third-order valence-electron chi connectivity index (χ3n) is 4.35. The molecule has 0 saturated heterocycles. The molecule has 4 rings (SSSR count). The van der Waals surface area contributed by atoms with Crippen LogP contribution in [0.5, 0.6) is 0 Å². The first kappa shape index (κ1) is 18.3. The highest BCUT2D eigenvalue weighted by Crippen LogP contribution is 2.26. The number of nitriles is 1. The van der Waals surface area contributed by atoms with E-state index in [1.54, 1.807) is 29.1 Å². The highest BCUT2D eigenvalue weighted by Gasteiger charge is 2.17. The molecule has 0 aliphatic rings. The summed E-state index contributed by atoms with van der Waals surface area (Å²) in [5.41, 5.74) is 7.71. The van der Waals surface area contributed by atoms with Crippen LogP contribution >= 0.6 is 12.2 Å². The van der Waals surface area contributed by atoms with Crippen LogP contribution < -0.4 is 11.4 Å². The molecule has 29 heavy (non-hydrogen) atoms. The van der Waals surface area contributed by atoms with Crippen molar-refractivity contribution in [3.63, 3.8) is 0 Å². The summed E-state index contributed by atoms with van der Waals surface area (Å²) in [5, 5.41) is 14.7. The second kappa shape index (κ2) is 7.54. The number of rotatable bonds is 4. The van der Waals surface area contributed by atoms with E-state index in [4.69, 9.17) is 22.4 Å². The predicted octanol–water partition coefficient (Wildman–Crippen LogP) is 3.84. The Bertz CT molecular complexity index is 1360. The Hall–Kier alpha value is -4.02. The summed E-state index contributed by atoms with van der Waals surface area (Å²) in [5.74, 6) is 0. The molecule has 2 aromatic carbocycles. The monoisotopic (exact) mass is 398 g/mol. The number of hydrogen-bond donors (Lipinski definition) is 1. The lowest BCUT2D eigenvalue weighted by Gasteiger charge is -2.02. The van der Waals surface area contributed by atoms with Gasteiger partial charge in [-0.3, -0.25) is 0 Å². The van der Waals surface area contributed by atoms with Crippen molar-refractivity contribution in [2.24, 2.45) is 5.73 Å². The number of thiocarbonyl (C=S) groups is 1. The summed E-state index contributed by atoms with van der Waals surface area (Å²) >= 11 is 4.94. The summed E-state index contributed by atoms with van der Waals surface area (Å²) in [7, 11) is 0. The minimum atomic E-state index is -0.523. The summed E-state index contributed by atoms with van der Waals surface area (Å²) in [6, 6.07) is 20.4. The van der Waals surface area contributed by atoms with E-state index in [9.17, 15) is 10.1 Å². The van der Waals surface area contributed by atoms with E-state index in [1.165, 1.54) is 6.08 Å². The average molecular weight is 398 g/mol. The number of para-hydroxylation sites is 2. The third-order valence-corrected chi connectivity index (χ3v) is 4.57. The van der Waals surface area contributed by atoms with Crippen LogP contribution in [0.1, 0.15) is 5.56 Å². The topological polar surface area (TPSA) is 97.8 Å². The molecule has 0 unspecified atom stereocenters. The van der Waals surface area contributed by atoms with Gasteiger partial charge in [0.2, 0.25) is 0 Å². The van der Waals surface area contributed by atoms with Gasteiger partial charge in [-0.25, -0.2) is 9.48 Å². The van der Waals surface area contributed by atoms with Crippen LogP contribution in [0.15, 0.2) is 81.6 Å². The Morgan fingerprint density at radius 2 is 1.90 bits per heavy atom. The quantitative estimate of drug-likeness (QED) is 0.243. The van der Waals surface area contributed by atoms with Crippen molar-refractivity contribution in [3.8, 4) is 23.0 Å². The van der Waals surface area contributed by atoms with Gasteiger partial charge in [0.15, 0.2) is 0 Å². The van der Waals surface area contributed by atoms with E-state index in [2.05, 4.69) is 5.10 Å². The van der Waals surface area contributed by atoms with Gasteiger partial charge in [-0.15, -0.1) is 0 Å². The molecule has 7 heteroatoms. The van der Waals surface area contributed by atoms with Crippen LogP contribution in [-0.2, 0) is 0 Å². The van der Waals surface area contributed by atoms with Gasteiger partial charge >= 0.3 is 5.63 Å². The molecule has 0 fully saturated rings. The fraction of sp³-hybridized carbons (Fsp3) is 0. The van der Waals surface area contributed by atoms with Crippen molar-refractivity contribution < 1.29 is 4.42 Å². The van der Waals surface area contributed by atoms with Gasteiger partial charge in [0.25, 0.3) is 0 Å². The zero-order chi connectivity index (χ0) is 20.4. The predicted molar refractivity (Wildman–Crippen MR) is 115 cm³/mol. The maximum Gasteiger partial charge on any atom is 0.345 e. The first-order valence-electron chi connectivity index (χ1n) is 8.67. The highest BCUT2D eigenvalue weighted by atomic mass is 32.1. The molecule has 2 N–H and O–H groups in total. The van der Waals surface area contributed by atoms with Crippen molar-refractivity contribution in [2.45, 2.75) is 0 Å². The molecule has 0 spiro atoms. The van der Waals surface area contributed by atoms with E-state index < -0.39 is 5.63 Å². The molecule has 0 atom stereocenters. The summed E-state index contributed by atoms with van der Waals surface area (Å²) < 4.78 is 7.08. The summed E-state index contributed by atoms with van der Waals surface area (Å²) in [4.78, 5) is 12.6. The standard InChI is InChI=1S/C22H14N4O2S/c23-12-15(21(24)29)10-16-13-26(17-7-2-1-3-8-17)25-20(16)18-11-14-6-4-5-9-19(14)28-22(18)27/h1-11,13H,(H2,24,29). The SMILES string of the molecule is N#CC(=Cc1cn(-c2ccccc2)nc1-c1cc2ccccc2oc1=O)C(N)=S. The first-order chi connectivity index (χ1) is 14.1. The lowest BCUT2D eigenvalue weighted by Crippen LogP contribution is -2.10. The van der Waals surface area contributed by atoms with Gasteiger partial charge in [-0.1, -0.05) is 48.6 Å². The molecule has 0 saturated carbocycles. The van der Waals surface area contributed by atoms with Crippen LogP contribution in [0.25, 0.3) is 34.0 Å². The van der Waals surface area contributed by atoms with Gasteiger partial charge in [0.05, 0.1) is 16.8 Å². The minimum absolute atomic E-state index is 0.0311. The fourth-order valence-corrected chi connectivity index (χ4v) is 3.06. The lowest BCUT2D eigenvalue weighted by molar-refractivity contribution is 0.563. The Labute approximate surface area is 171 Å². The van der Waals surface area contributed by atoms with Crippen LogP contribution in [0.3, 0.4) is 0 Å². The second-order valence-corrected chi connectivity index (χ2v) is 6.67. The van der Waals surface area contributed by atoms with Crippen LogP contribution in [0.2, 0.25) is 0 Å².